The molecular formula is C14H23NOS. The molecular weight excluding hydrogens is 230 g/mol. The van der Waals surface area contributed by atoms with E-state index in [4.69, 9.17) is 0 Å². The van der Waals surface area contributed by atoms with Gasteiger partial charge < -0.3 is 10.4 Å². The van der Waals surface area contributed by atoms with Crippen LogP contribution in [0.4, 0.5) is 0 Å². The fraction of sp³-hybridized carbons (Fsp3) is 0.714. The number of thiophene rings is 1. The van der Waals surface area contributed by atoms with Gasteiger partial charge in [-0.1, -0.05) is 32.3 Å². The van der Waals surface area contributed by atoms with Crippen LogP contribution in [0, 0.1) is 5.92 Å². The lowest BCUT2D eigenvalue weighted by Crippen LogP contribution is -2.40. The Morgan fingerprint density at radius 3 is 3.00 bits per heavy atom. The van der Waals surface area contributed by atoms with Gasteiger partial charge in [0, 0.05) is 17.5 Å². The maximum Gasteiger partial charge on any atom is 0.101 e. The number of hydrogen-bond acceptors (Lipinski definition) is 3. The summed E-state index contributed by atoms with van der Waals surface area (Å²) in [5.74, 6) is 0.805. The third-order valence-electron chi connectivity index (χ3n) is 3.88. The summed E-state index contributed by atoms with van der Waals surface area (Å²) in [5, 5.41) is 15.6. The van der Waals surface area contributed by atoms with Crippen LogP contribution in [-0.4, -0.2) is 17.7 Å². The first-order valence-corrected chi connectivity index (χ1v) is 7.64. The fourth-order valence-corrected chi connectivity index (χ4v) is 3.52. The number of aliphatic hydroxyl groups excluding tert-OH is 1. The van der Waals surface area contributed by atoms with Gasteiger partial charge in [0.25, 0.3) is 0 Å². The lowest BCUT2D eigenvalue weighted by atomic mass is 9.83. The second-order valence-electron chi connectivity index (χ2n) is 5.00. The number of nitrogens with one attached hydrogen (secondary N) is 1. The second-order valence-corrected chi connectivity index (χ2v) is 5.98. The lowest BCUT2D eigenvalue weighted by molar-refractivity contribution is 0.157. The van der Waals surface area contributed by atoms with Gasteiger partial charge in [0.15, 0.2) is 0 Å². The molecule has 0 bridgehead atoms. The molecule has 3 atom stereocenters. The van der Waals surface area contributed by atoms with Gasteiger partial charge in [0.2, 0.25) is 0 Å². The van der Waals surface area contributed by atoms with E-state index in [-0.39, 0.29) is 6.10 Å². The van der Waals surface area contributed by atoms with E-state index in [1.807, 2.05) is 17.5 Å². The first kappa shape index (κ1) is 13.1. The van der Waals surface area contributed by atoms with Crippen molar-refractivity contribution in [1.82, 2.24) is 5.32 Å². The Balaban J connectivity index is 1.80. The minimum absolute atomic E-state index is 0.338. The molecule has 1 fully saturated rings. The maximum absolute atomic E-state index is 10.0. The first-order chi connectivity index (χ1) is 8.31. The normalized spacial score (nSPS) is 26.9. The van der Waals surface area contributed by atoms with Crippen LogP contribution in [0.3, 0.4) is 0 Å². The Labute approximate surface area is 108 Å². The molecule has 0 aromatic carbocycles. The van der Waals surface area contributed by atoms with E-state index >= 15 is 0 Å². The van der Waals surface area contributed by atoms with Gasteiger partial charge >= 0.3 is 0 Å². The molecule has 3 unspecified atom stereocenters. The van der Waals surface area contributed by atoms with E-state index in [0.29, 0.717) is 12.6 Å². The van der Waals surface area contributed by atoms with Crippen molar-refractivity contribution < 1.29 is 5.11 Å². The molecule has 0 saturated heterocycles. The van der Waals surface area contributed by atoms with Gasteiger partial charge in [-0.05, 0) is 30.2 Å². The molecule has 2 rings (SSSR count). The van der Waals surface area contributed by atoms with Crippen LogP contribution in [0.1, 0.15) is 50.0 Å². The molecule has 2 N–H and O–H groups in total. The van der Waals surface area contributed by atoms with Crippen LogP contribution in [-0.2, 0) is 0 Å². The second kappa shape index (κ2) is 6.53. The largest absolute Gasteiger partial charge is 0.386 e. The Kier molecular flexibility index (Phi) is 5.01. The van der Waals surface area contributed by atoms with Crippen molar-refractivity contribution in [3.8, 4) is 0 Å². The molecule has 0 amide bonds. The van der Waals surface area contributed by atoms with E-state index in [9.17, 15) is 5.11 Å². The van der Waals surface area contributed by atoms with E-state index in [2.05, 4.69) is 12.2 Å². The Morgan fingerprint density at radius 1 is 1.47 bits per heavy atom. The first-order valence-electron chi connectivity index (χ1n) is 6.76. The molecule has 2 nitrogen and oxygen atoms in total. The van der Waals surface area contributed by atoms with Gasteiger partial charge in [-0.3, -0.25) is 0 Å². The van der Waals surface area contributed by atoms with E-state index in [1.54, 1.807) is 11.3 Å². The van der Waals surface area contributed by atoms with Crippen molar-refractivity contribution in [2.45, 2.75) is 51.2 Å². The molecule has 1 aromatic rings. The summed E-state index contributed by atoms with van der Waals surface area (Å²) in [6, 6.07) is 4.62. The van der Waals surface area contributed by atoms with Crippen molar-refractivity contribution in [2.24, 2.45) is 5.92 Å². The van der Waals surface area contributed by atoms with Gasteiger partial charge in [-0.15, -0.1) is 11.3 Å². The van der Waals surface area contributed by atoms with E-state index in [0.717, 1.165) is 10.8 Å². The number of rotatable bonds is 5. The van der Waals surface area contributed by atoms with Crippen molar-refractivity contribution in [1.29, 1.82) is 0 Å². The molecule has 1 aliphatic rings. The van der Waals surface area contributed by atoms with Crippen molar-refractivity contribution in [3.63, 3.8) is 0 Å². The molecule has 0 aliphatic heterocycles. The van der Waals surface area contributed by atoms with Crippen molar-refractivity contribution >= 4 is 11.3 Å². The predicted octanol–water partition coefficient (Wildman–Crippen LogP) is 3.34. The van der Waals surface area contributed by atoms with Crippen LogP contribution >= 0.6 is 11.3 Å². The molecule has 1 aliphatic carbocycles. The van der Waals surface area contributed by atoms with Crippen LogP contribution in [0.5, 0.6) is 0 Å². The van der Waals surface area contributed by atoms with Crippen LogP contribution < -0.4 is 5.32 Å². The van der Waals surface area contributed by atoms with Gasteiger partial charge in [-0.25, -0.2) is 0 Å². The third kappa shape index (κ3) is 3.54. The van der Waals surface area contributed by atoms with E-state index < -0.39 is 0 Å². The van der Waals surface area contributed by atoms with Crippen LogP contribution in [0.15, 0.2) is 17.5 Å². The minimum Gasteiger partial charge on any atom is -0.386 e. The Hall–Kier alpha value is -0.380. The smallest absolute Gasteiger partial charge is 0.101 e. The van der Waals surface area contributed by atoms with Crippen LogP contribution in [0.25, 0.3) is 0 Å². The summed E-state index contributed by atoms with van der Waals surface area (Å²) in [5.41, 5.74) is 0. The van der Waals surface area contributed by atoms with E-state index in [1.165, 1.54) is 32.1 Å². The van der Waals surface area contributed by atoms with Gasteiger partial charge in [0.1, 0.15) is 6.10 Å². The molecule has 1 aromatic heterocycles. The molecule has 3 heteroatoms. The molecule has 96 valence electrons. The predicted molar refractivity (Wildman–Crippen MR) is 73.3 cm³/mol. The maximum atomic E-state index is 10.0. The summed E-state index contributed by atoms with van der Waals surface area (Å²) in [6.45, 7) is 2.97. The highest BCUT2D eigenvalue weighted by atomic mass is 32.1. The standard InChI is InChI=1S/C14H23NOS/c1-2-11-6-3-4-7-12(11)15-10-13(16)14-8-5-9-17-14/h5,8-9,11-13,15-16H,2-4,6-7,10H2,1H3. The minimum atomic E-state index is -0.338. The zero-order chi connectivity index (χ0) is 12.1. The zero-order valence-corrected chi connectivity index (χ0v) is 11.4. The Morgan fingerprint density at radius 2 is 2.29 bits per heavy atom. The van der Waals surface area contributed by atoms with Crippen LogP contribution in [0.2, 0.25) is 0 Å². The molecule has 0 spiro atoms. The number of hydrogen-bond donors (Lipinski definition) is 2. The monoisotopic (exact) mass is 253 g/mol. The number of aliphatic hydroxyl groups is 1. The topological polar surface area (TPSA) is 32.3 Å². The Bertz CT molecular complexity index is 312. The SMILES string of the molecule is CCC1CCCCC1NCC(O)c1cccs1. The summed E-state index contributed by atoms with van der Waals surface area (Å²) in [7, 11) is 0. The summed E-state index contributed by atoms with van der Waals surface area (Å²) in [4.78, 5) is 1.07. The van der Waals surface area contributed by atoms with Gasteiger partial charge in [-0.2, -0.15) is 0 Å². The third-order valence-corrected chi connectivity index (χ3v) is 4.85. The highest BCUT2D eigenvalue weighted by Crippen LogP contribution is 2.27. The molecule has 1 heterocycles. The highest BCUT2D eigenvalue weighted by Gasteiger charge is 2.23. The summed E-state index contributed by atoms with van der Waals surface area (Å²) in [6.07, 6.45) is 6.26. The lowest BCUT2D eigenvalue weighted by Gasteiger charge is -2.32. The summed E-state index contributed by atoms with van der Waals surface area (Å²) >= 11 is 1.63. The zero-order valence-electron chi connectivity index (χ0n) is 10.6. The van der Waals surface area contributed by atoms with Gasteiger partial charge in [0.05, 0.1) is 0 Å². The molecule has 1 saturated carbocycles. The molecule has 0 radical (unpaired) electrons. The van der Waals surface area contributed by atoms with Crippen molar-refractivity contribution in [2.75, 3.05) is 6.54 Å². The fourth-order valence-electron chi connectivity index (χ4n) is 2.81. The quantitative estimate of drug-likeness (QED) is 0.843. The highest BCUT2D eigenvalue weighted by molar-refractivity contribution is 7.10. The summed E-state index contributed by atoms with van der Waals surface area (Å²) < 4.78 is 0. The average molecular weight is 253 g/mol. The van der Waals surface area contributed by atoms with Crippen molar-refractivity contribution in [3.05, 3.63) is 22.4 Å². The molecule has 17 heavy (non-hydrogen) atoms. The average Bonchev–Trinajstić information content (AvgIpc) is 2.90.